The zero-order valence-electron chi connectivity index (χ0n) is 10.7. The van der Waals surface area contributed by atoms with Crippen LogP contribution in [-0.2, 0) is 6.42 Å². The molecule has 0 saturated carbocycles. The zero-order valence-corrected chi connectivity index (χ0v) is 12.3. The third kappa shape index (κ3) is 2.30. The van der Waals surface area contributed by atoms with E-state index in [9.17, 15) is 4.79 Å². The molecule has 0 unspecified atom stereocenters. The van der Waals surface area contributed by atoms with Crippen molar-refractivity contribution in [1.82, 2.24) is 14.6 Å². The van der Waals surface area contributed by atoms with E-state index < -0.39 is 5.97 Å². The summed E-state index contributed by atoms with van der Waals surface area (Å²) in [7, 11) is 0. The van der Waals surface area contributed by atoms with Crippen molar-refractivity contribution in [2.75, 3.05) is 0 Å². The fourth-order valence-corrected chi connectivity index (χ4v) is 3.72. The van der Waals surface area contributed by atoms with Gasteiger partial charge in [0.2, 0.25) is 0 Å². The van der Waals surface area contributed by atoms with Crippen molar-refractivity contribution in [3.63, 3.8) is 0 Å². The van der Waals surface area contributed by atoms with Crippen LogP contribution in [0.3, 0.4) is 0 Å². The largest absolute Gasteiger partial charge is 0.478 e. The van der Waals surface area contributed by atoms with Crippen LogP contribution in [0, 0.1) is 0 Å². The summed E-state index contributed by atoms with van der Waals surface area (Å²) in [5, 5.41) is 14.0. The Labute approximate surface area is 123 Å². The number of nitrogens with zero attached hydrogens (tertiary/aromatic N) is 3. The molecule has 1 N–H and O–H groups in total. The van der Waals surface area contributed by atoms with Gasteiger partial charge in [-0.15, -0.1) is 16.4 Å². The molecule has 0 radical (unpaired) electrons. The molecule has 2 heterocycles. The molecule has 20 heavy (non-hydrogen) atoms. The fourth-order valence-electron chi connectivity index (χ4n) is 1.93. The second-order valence-electron chi connectivity index (χ2n) is 4.31. The first-order chi connectivity index (χ1) is 9.69. The second kappa shape index (κ2) is 5.26. The lowest BCUT2D eigenvalue weighted by Crippen LogP contribution is -1.94. The van der Waals surface area contributed by atoms with Gasteiger partial charge in [-0.3, -0.25) is 0 Å². The summed E-state index contributed by atoms with van der Waals surface area (Å²) in [4.78, 5) is 16.5. The second-order valence-corrected chi connectivity index (χ2v) is 6.09. The van der Waals surface area contributed by atoms with E-state index in [1.165, 1.54) is 22.9 Å². The molecule has 0 amide bonds. The van der Waals surface area contributed by atoms with Gasteiger partial charge in [0.05, 0.1) is 21.5 Å². The predicted octanol–water partition coefficient (Wildman–Crippen LogP) is 3.47. The quantitative estimate of drug-likeness (QED) is 0.798. The molecule has 0 fully saturated rings. The highest BCUT2D eigenvalue weighted by molar-refractivity contribution is 7.24. The van der Waals surface area contributed by atoms with Crippen molar-refractivity contribution >= 4 is 39.1 Å². The van der Waals surface area contributed by atoms with Gasteiger partial charge < -0.3 is 5.11 Å². The van der Waals surface area contributed by atoms with Crippen LogP contribution in [-0.4, -0.2) is 25.6 Å². The lowest BCUT2D eigenvalue weighted by atomic mass is 10.2. The molecule has 3 rings (SSSR count). The van der Waals surface area contributed by atoms with Crippen LogP contribution in [0.5, 0.6) is 0 Å². The minimum atomic E-state index is -0.923. The number of aryl methyl sites for hydroxylation is 1. The van der Waals surface area contributed by atoms with E-state index in [1.807, 2.05) is 0 Å². The molecule has 2 aromatic heterocycles. The van der Waals surface area contributed by atoms with Crippen LogP contribution in [0.25, 0.3) is 20.1 Å². The number of hydrogen-bond acceptors (Lipinski definition) is 6. The van der Waals surface area contributed by atoms with Gasteiger partial charge in [0, 0.05) is 0 Å². The summed E-state index contributed by atoms with van der Waals surface area (Å²) in [5.74, 6) is -0.923. The summed E-state index contributed by atoms with van der Waals surface area (Å²) < 4.78 is 4.87. The van der Waals surface area contributed by atoms with Crippen molar-refractivity contribution in [3.8, 4) is 9.88 Å². The molecular formula is C13H11N3O2S2. The smallest absolute Gasteiger partial charge is 0.335 e. The highest BCUT2D eigenvalue weighted by Crippen LogP contribution is 2.34. The Hall–Kier alpha value is -1.86. The van der Waals surface area contributed by atoms with Gasteiger partial charge in [-0.2, -0.15) is 0 Å². The molecule has 5 nitrogen and oxygen atoms in total. The number of rotatable bonds is 4. The number of thiazole rings is 1. The standard InChI is InChI=1S/C13H11N3O2S2/c1-2-3-9-11(20-16-15-9)12-14-8-5-4-7(13(17)18)6-10(8)19-12/h4-6H,2-3H2,1H3,(H,17,18). The van der Waals surface area contributed by atoms with Crippen molar-refractivity contribution in [2.24, 2.45) is 0 Å². The number of benzene rings is 1. The Balaban J connectivity index is 2.08. The summed E-state index contributed by atoms with van der Waals surface area (Å²) in [6.07, 6.45) is 1.88. The normalized spacial score (nSPS) is 11.1. The van der Waals surface area contributed by atoms with Crippen molar-refractivity contribution < 1.29 is 9.90 Å². The van der Waals surface area contributed by atoms with Gasteiger partial charge in [0.25, 0.3) is 0 Å². The highest BCUT2D eigenvalue weighted by atomic mass is 32.1. The van der Waals surface area contributed by atoms with Gasteiger partial charge in [-0.05, 0) is 36.2 Å². The lowest BCUT2D eigenvalue weighted by molar-refractivity contribution is 0.0697. The minimum Gasteiger partial charge on any atom is -0.478 e. The molecule has 0 aliphatic heterocycles. The maximum atomic E-state index is 11.0. The van der Waals surface area contributed by atoms with E-state index in [4.69, 9.17) is 5.11 Å². The molecule has 1 aromatic carbocycles. The third-order valence-corrected chi connectivity index (χ3v) is 4.81. The first-order valence-corrected chi connectivity index (χ1v) is 7.73. The molecular weight excluding hydrogens is 294 g/mol. The monoisotopic (exact) mass is 305 g/mol. The number of aromatic carboxylic acids is 1. The maximum Gasteiger partial charge on any atom is 0.335 e. The first kappa shape index (κ1) is 13.1. The van der Waals surface area contributed by atoms with Crippen LogP contribution >= 0.6 is 22.9 Å². The third-order valence-electron chi connectivity index (χ3n) is 2.87. The van der Waals surface area contributed by atoms with E-state index in [2.05, 4.69) is 21.5 Å². The lowest BCUT2D eigenvalue weighted by Gasteiger charge is -1.93. The summed E-state index contributed by atoms with van der Waals surface area (Å²) >= 11 is 2.82. The zero-order chi connectivity index (χ0) is 14.1. The first-order valence-electron chi connectivity index (χ1n) is 6.14. The van der Waals surface area contributed by atoms with Crippen LogP contribution in [0.2, 0.25) is 0 Å². The molecule has 0 saturated heterocycles. The Morgan fingerprint density at radius 1 is 1.40 bits per heavy atom. The molecule has 0 spiro atoms. The highest BCUT2D eigenvalue weighted by Gasteiger charge is 2.15. The molecule has 0 aliphatic rings. The average Bonchev–Trinajstić information content (AvgIpc) is 3.03. The van der Waals surface area contributed by atoms with E-state index >= 15 is 0 Å². The minimum absolute atomic E-state index is 0.281. The van der Waals surface area contributed by atoms with Gasteiger partial charge in [-0.1, -0.05) is 17.8 Å². The fraction of sp³-hybridized carbons (Fsp3) is 0.231. The van der Waals surface area contributed by atoms with E-state index in [1.54, 1.807) is 18.2 Å². The molecule has 0 bridgehead atoms. The maximum absolute atomic E-state index is 11.0. The summed E-state index contributed by atoms with van der Waals surface area (Å²) in [6, 6.07) is 4.98. The Morgan fingerprint density at radius 3 is 3.00 bits per heavy atom. The molecule has 0 atom stereocenters. The van der Waals surface area contributed by atoms with Gasteiger partial charge in [0.1, 0.15) is 9.88 Å². The average molecular weight is 305 g/mol. The van der Waals surface area contributed by atoms with Crippen LogP contribution in [0.15, 0.2) is 18.2 Å². The van der Waals surface area contributed by atoms with Crippen LogP contribution in [0.1, 0.15) is 29.4 Å². The Morgan fingerprint density at radius 2 is 2.25 bits per heavy atom. The number of carboxylic acid groups (broad SMARTS) is 1. The van der Waals surface area contributed by atoms with E-state index in [0.717, 1.165) is 38.6 Å². The number of carboxylic acids is 1. The van der Waals surface area contributed by atoms with Crippen LogP contribution < -0.4 is 0 Å². The van der Waals surface area contributed by atoms with Crippen molar-refractivity contribution in [3.05, 3.63) is 29.5 Å². The Bertz CT molecular complexity index is 779. The molecule has 7 heteroatoms. The van der Waals surface area contributed by atoms with Crippen molar-refractivity contribution in [2.45, 2.75) is 19.8 Å². The number of fused-ring (bicyclic) bond motifs is 1. The van der Waals surface area contributed by atoms with E-state index in [0.29, 0.717) is 0 Å². The van der Waals surface area contributed by atoms with Gasteiger partial charge in [0.15, 0.2) is 0 Å². The van der Waals surface area contributed by atoms with Crippen molar-refractivity contribution in [1.29, 1.82) is 0 Å². The molecule has 0 aliphatic carbocycles. The van der Waals surface area contributed by atoms with Crippen LogP contribution in [0.4, 0.5) is 0 Å². The molecule has 102 valence electrons. The van der Waals surface area contributed by atoms with Gasteiger partial charge in [-0.25, -0.2) is 9.78 Å². The number of aromatic nitrogens is 3. The Kier molecular flexibility index (Phi) is 3.45. The molecule has 3 aromatic rings. The van der Waals surface area contributed by atoms with E-state index in [-0.39, 0.29) is 5.56 Å². The number of carbonyl (C=O) groups is 1. The van der Waals surface area contributed by atoms with Gasteiger partial charge >= 0.3 is 5.97 Å². The topological polar surface area (TPSA) is 76.0 Å². The summed E-state index contributed by atoms with van der Waals surface area (Å²) in [5.41, 5.74) is 2.06. The SMILES string of the molecule is CCCc1nnsc1-c1nc2ccc(C(=O)O)cc2s1. The number of hydrogen-bond donors (Lipinski definition) is 1. The predicted molar refractivity (Wildman–Crippen MR) is 79.5 cm³/mol. The summed E-state index contributed by atoms with van der Waals surface area (Å²) in [6.45, 7) is 2.10.